The molecule has 0 atom stereocenters. The second-order valence-corrected chi connectivity index (χ2v) is 8.45. The lowest BCUT2D eigenvalue weighted by Gasteiger charge is -2.23. The van der Waals surface area contributed by atoms with Gasteiger partial charge in [-0.25, -0.2) is 14.2 Å². The van der Waals surface area contributed by atoms with Gasteiger partial charge in [0.15, 0.2) is 0 Å². The van der Waals surface area contributed by atoms with Crippen molar-refractivity contribution in [3.8, 4) is 0 Å². The summed E-state index contributed by atoms with van der Waals surface area (Å²) in [6.07, 6.45) is 2.40. The largest absolute Gasteiger partial charge is 0.355 e. The summed E-state index contributed by atoms with van der Waals surface area (Å²) < 4.78 is 13.5. The summed E-state index contributed by atoms with van der Waals surface area (Å²) in [5, 5.41) is 5.66. The Hall–Kier alpha value is -3.94. The molecule has 0 radical (unpaired) electrons. The molecule has 2 heterocycles. The van der Waals surface area contributed by atoms with E-state index in [1.54, 1.807) is 23.2 Å². The van der Waals surface area contributed by atoms with Crippen LogP contribution in [0.15, 0.2) is 60.8 Å². The summed E-state index contributed by atoms with van der Waals surface area (Å²) >= 11 is 0. The van der Waals surface area contributed by atoms with E-state index in [9.17, 15) is 14.0 Å². The zero-order valence-corrected chi connectivity index (χ0v) is 19.3. The van der Waals surface area contributed by atoms with Crippen LogP contribution in [0.5, 0.6) is 0 Å². The lowest BCUT2D eigenvalue weighted by molar-refractivity contribution is 0.0766. The fourth-order valence-electron chi connectivity index (χ4n) is 4.04. The molecule has 4 rings (SSSR count). The number of halogens is 1. The third-order valence-electron chi connectivity index (χ3n) is 5.81. The topological polar surface area (TPSA) is 77.6 Å². The predicted molar refractivity (Wildman–Crippen MR) is 132 cm³/mol. The van der Waals surface area contributed by atoms with E-state index in [1.807, 2.05) is 44.2 Å². The van der Waals surface area contributed by atoms with Crippen LogP contribution in [-0.2, 0) is 0 Å². The zero-order chi connectivity index (χ0) is 24.1. The molecular formula is C26H28FN5O2. The number of anilines is 3. The molecule has 0 bridgehead atoms. The summed E-state index contributed by atoms with van der Waals surface area (Å²) in [5.41, 5.74) is 3.84. The first kappa shape index (κ1) is 23.2. The van der Waals surface area contributed by atoms with Gasteiger partial charge in [0.05, 0.1) is 11.9 Å². The van der Waals surface area contributed by atoms with Gasteiger partial charge in [-0.2, -0.15) is 0 Å². The molecule has 3 aromatic rings. The van der Waals surface area contributed by atoms with Gasteiger partial charge in [0.25, 0.3) is 5.91 Å². The maximum atomic E-state index is 13.5. The SMILES string of the molecule is Cc1ccc(NC(=O)Nc2ccc(N3CCCN(C(=O)c4cccc(F)c4)CC3)nc2)c(C)c1. The minimum atomic E-state index is -0.414. The third-order valence-corrected chi connectivity index (χ3v) is 5.81. The number of carbonyl (C=O) groups excluding carboxylic acids is 2. The minimum absolute atomic E-state index is 0.163. The number of pyridine rings is 1. The molecule has 7 nitrogen and oxygen atoms in total. The Labute approximate surface area is 198 Å². The number of urea groups is 1. The number of rotatable bonds is 4. The van der Waals surface area contributed by atoms with E-state index in [2.05, 4.69) is 20.5 Å². The molecule has 176 valence electrons. The van der Waals surface area contributed by atoms with Gasteiger partial charge >= 0.3 is 6.03 Å². The number of carbonyl (C=O) groups is 2. The Morgan fingerprint density at radius 1 is 0.941 bits per heavy atom. The molecular weight excluding hydrogens is 433 g/mol. The van der Waals surface area contributed by atoms with E-state index in [1.165, 1.54) is 12.1 Å². The highest BCUT2D eigenvalue weighted by atomic mass is 19.1. The van der Waals surface area contributed by atoms with E-state index in [-0.39, 0.29) is 11.9 Å². The number of nitrogens with one attached hydrogen (secondary N) is 2. The summed E-state index contributed by atoms with van der Waals surface area (Å²) in [4.78, 5) is 33.5. The number of benzene rings is 2. The van der Waals surface area contributed by atoms with E-state index in [4.69, 9.17) is 0 Å². The van der Waals surface area contributed by atoms with Crippen molar-refractivity contribution in [3.63, 3.8) is 0 Å². The van der Waals surface area contributed by atoms with Crippen molar-refractivity contribution in [2.45, 2.75) is 20.3 Å². The molecule has 0 aliphatic carbocycles. The molecule has 2 N–H and O–H groups in total. The molecule has 1 aliphatic rings. The van der Waals surface area contributed by atoms with Crippen LogP contribution in [0.3, 0.4) is 0 Å². The fourth-order valence-corrected chi connectivity index (χ4v) is 4.04. The van der Waals surface area contributed by atoms with E-state index in [0.717, 1.165) is 35.6 Å². The zero-order valence-electron chi connectivity index (χ0n) is 19.3. The van der Waals surface area contributed by atoms with E-state index < -0.39 is 5.82 Å². The van der Waals surface area contributed by atoms with Crippen LogP contribution in [0.25, 0.3) is 0 Å². The van der Waals surface area contributed by atoms with Crippen LogP contribution in [0.1, 0.15) is 27.9 Å². The molecule has 1 fully saturated rings. The Kier molecular flexibility index (Phi) is 7.06. The second-order valence-electron chi connectivity index (χ2n) is 8.45. The normalized spacial score (nSPS) is 13.9. The quantitative estimate of drug-likeness (QED) is 0.583. The molecule has 34 heavy (non-hydrogen) atoms. The average molecular weight is 462 g/mol. The first-order valence-corrected chi connectivity index (χ1v) is 11.3. The molecule has 8 heteroatoms. The number of nitrogens with zero attached hydrogens (tertiary/aromatic N) is 3. The number of hydrogen-bond donors (Lipinski definition) is 2. The molecule has 1 aromatic heterocycles. The predicted octanol–water partition coefficient (Wildman–Crippen LogP) is 4.83. The summed E-state index contributed by atoms with van der Waals surface area (Å²) in [5.74, 6) is 0.201. The lowest BCUT2D eigenvalue weighted by Crippen LogP contribution is -2.35. The Bertz CT molecular complexity index is 1180. The maximum absolute atomic E-state index is 13.5. The summed E-state index contributed by atoms with van der Waals surface area (Å²) in [6, 6.07) is 15.0. The average Bonchev–Trinajstić information content (AvgIpc) is 3.07. The van der Waals surface area contributed by atoms with Crippen molar-refractivity contribution >= 4 is 29.1 Å². The lowest BCUT2D eigenvalue weighted by atomic mass is 10.1. The highest BCUT2D eigenvalue weighted by molar-refractivity contribution is 6.00. The van der Waals surface area contributed by atoms with Gasteiger partial charge < -0.3 is 20.4 Å². The van der Waals surface area contributed by atoms with Crippen molar-refractivity contribution in [1.82, 2.24) is 9.88 Å². The standard InChI is InChI=1S/C26H28FN5O2/c1-18-7-9-23(19(2)15-18)30-26(34)29-22-8-10-24(28-17-22)31-11-4-12-32(14-13-31)25(33)20-5-3-6-21(27)16-20/h3,5-10,15-17H,4,11-14H2,1-2H3,(H2,29,30,34). The van der Waals surface area contributed by atoms with Gasteiger partial charge in [-0.15, -0.1) is 0 Å². The Morgan fingerprint density at radius 3 is 2.53 bits per heavy atom. The van der Waals surface area contributed by atoms with Gasteiger partial charge in [0.1, 0.15) is 11.6 Å². The molecule has 1 saturated heterocycles. The van der Waals surface area contributed by atoms with Crippen LogP contribution in [0.2, 0.25) is 0 Å². The molecule has 2 aromatic carbocycles. The molecule has 1 aliphatic heterocycles. The fraction of sp³-hybridized carbons (Fsp3) is 0.269. The highest BCUT2D eigenvalue weighted by Crippen LogP contribution is 2.19. The third kappa shape index (κ3) is 5.70. The van der Waals surface area contributed by atoms with Crippen molar-refractivity contribution in [1.29, 1.82) is 0 Å². The molecule has 0 saturated carbocycles. The number of aryl methyl sites for hydroxylation is 2. The van der Waals surface area contributed by atoms with Gasteiger partial charge in [0, 0.05) is 37.4 Å². The van der Waals surface area contributed by atoms with Crippen LogP contribution in [0.4, 0.5) is 26.4 Å². The van der Waals surface area contributed by atoms with E-state index in [0.29, 0.717) is 30.9 Å². The second kappa shape index (κ2) is 10.3. The van der Waals surface area contributed by atoms with Gasteiger partial charge in [-0.1, -0.05) is 23.8 Å². The molecule has 0 spiro atoms. The maximum Gasteiger partial charge on any atom is 0.323 e. The Balaban J connectivity index is 1.33. The monoisotopic (exact) mass is 461 g/mol. The smallest absolute Gasteiger partial charge is 0.323 e. The minimum Gasteiger partial charge on any atom is -0.355 e. The first-order chi connectivity index (χ1) is 16.4. The van der Waals surface area contributed by atoms with Crippen LogP contribution >= 0.6 is 0 Å². The van der Waals surface area contributed by atoms with Crippen molar-refractivity contribution < 1.29 is 14.0 Å². The van der Waals surface area contributed by atoms with Gasteiger partial charge in [-0.3, -0.25) is 4.79 Å². The Morgan fingerprint density at radius 2 is 1.79 bits per heavy atom. The van der Waals surface area contributed by atoms with Gasteiger partial charge in [0.2, 0.25) is 0 Å². The van der Waals surface area contributed by atoms with Crippen LogP contribution in [0, 0.1) is 19.7 Å². The van der Waals surface area contributed by atoms with Crippen molar-refractivity contribution in [2.75, 3.05) is 41.7 Å². The van der Waals surface area contributed by atoms with Crippen molar-refractivity contribution in [2.24, 2.45) is 0 Å². The molecule has 0 unspecified atom stereocenters. The number of amides is 3. The molecule has 3 amide bonds. The summed E-state index contributed by atoms with van der Waals surface area (Å²) in [6.45, 7) is 6.45. The number of aromatic nitrogens is 1. The number of hydrogen-bond acceptors (Lipinski definition) is 4. The van der Waals surface area contributed by atoms with Crippen LogP contribution in [-0.4, -0.2) is 48.0 Å². The van der Waals surface area contributed by atoms with Gasteiger partial charge in [-0.05, 0) is 62.2 Å². The first-order valence-electron chi connectivity index (χ1n) is 11.3. The summed E-state index contributed by atoms with van der Waals surface area (Å²) in [7, 11) is 0. The van der Waals surface area contributed by atoms with Crippen LogP contribution < -0.4 is 15.5 Å². The highest BCUT2D eigenvalue weighted by Gasteiger charge is 2.21. The van der Waals surface area contributed by atoms with E-state index >= 15 is 0 Å². The van der Waals surface area contributed by atoms with Crippen molar-refractivity contribution in [3.05, 3.63) is 83.3 Å².